The number of urea groups is 1. The van der Waals surface area contributed by atoms with Crippen molar-refractivity contribution in [3.63, 3.8) is 0 Å². The van der Waals surface area contributed by atoms with Crippen LogP contribution < -0.4 is 10.6 Å². The molecule has 1 aromatic heterocycles. The number of hydrogen-bond acceptors (Lipinski definition) is 3. The van der Waals surface area contributed by atoms with Crippen LogP contribution in [0.2, 0.25) is 0 Å². The molecule has 0 aliphatic carbocycles. The smallest absolute Gasteiger partial charge is 0.315 e. The lowest BCUT2D eigenvalue weighted by Gasteiger charge is -2.23. The third-order valence-corrected chi connectivity index (χ3v) is 4.13. The molecule has 24 heavy (non-hydrogen) atoms. The van der Waals surface area contributed by atoms with E-state index in [1.807, 2.05) is 63.2 Å². The quantitative estimate of drug-likeness (QED) is 0.764. The van der Waals surface area contributed by atoms with Crippen LogP contribution in [0.4, 0.5) is 4.79 Å². The molecule has 0 aliphatic rings. The van der Waals surface area contributed by atoms with Crippen LogP contribution in [0.1, 0.15) is 36.7 Å². The summed E-state index contributed by atoms with van der Waals surface area (Å²) in [6.45, 7) is 5.82. The van der Waals surface area contributed by atoms with Crippen molar-refractivity contribution in [3.8, 4) is 0 Å². The standard InChI is InChI=1S/C19H25N3O2/c1-13-7-6-8-16(11-13)18(17-9-4-5-10-20-17)22-19(24)21-15(3)14(2)12-23/h4-11,14-15,18,23H,12H2,1-3H3,(H2,21,22,24). The molecule has 2 rings (SSSR count). The fourth-order valence-electron chi connectivity index (χ4n) is 2.40. The predicted molar refractivity (Wildman–Crippen MR) is 94.6 cm³/mol. The van der Waals surface area contributed by atoms with Crippen molar-refractivity contribution in [2.45, 2.75) is 32.9 Å². The van der Waals surface area contributed by atoms with Crippen LogP contribution in [0.5, 0.6) is 0 Å². The van der Waals surface area contributed by atoms with Crippen molar-refractivity contribution in [1.82, 2.24) is 15.6 Å². The third kappa shape index (κ3) is 4.80. The molecular formula is C19H25N3O2. The van der Waals surface area contributed by atoms with E-state index in [1.54, 1.807) is 6.20 Å². The fourth-order valence-corrected chi connectivity index (χ4v) is 2.40. The minimum atomic E-state index is -0.331. The van der Waals surface area contributed by atoms with Crippen molar-refractivity contribution in [1.29, 1.82) is 0 Å². The van der Waals surface area contributed by atoms with Gasteiger partial charge >= 0.3 is 6.03 Å². The topological polar surface area (TPSA) is 74.2 Å². The minimum absolute atomic E-state index is 0.0111. The highest BCUT2D eigenvalue weighted by atomic mass is 16.3. The van der Waals surface area contributed by atoms with Gasteiger partial charge in [-0.05, 0) is 37.5 Å². The summed E-state index contributed by atoms with van der Waals surface area (Å²) in [6, 6.07) is 12.9. The molecule has 0 aliphatic heterocycles. The van der Waals surface area contributed by atoms with Gasteiger partial charge in [-0.25, -0.2) is 4.79 Å². The Morgan fingerprint density at radius 1 is 1.17 bits per heavy atom. The van der Waals surface area contributed by atoms with E-state index in [0.29, 0.717) is 0 Å². The second-order valence-corrected chi connectivity index (χ2v) is 6.17. The molecule has 2 amide bonds. The van der Waals surface area contributed by atoms with Crippen molar-refractivity contribution in [2.75, 3.05) is 6.61 Å². The number of benzene rings is 1. The molecule has 3 atom stereocenters. The normalized spacial score (nSPS) is 14.5. The first-order chi connectivity index (χ1) is 11.5. The lowest BCUT2D eigenvalue weighted by atomic mass is 10.0. The summed E-state index contributed by atoms with van der Waals surface area (Å²) in [5.41, 5.74) is 2.88. The predicted octanol–water partition coefficient (Wildman–Crippen LogP) is 2.80. The van der Waals surface area contributed by atoms with E-state index in [2.05, 4.69) is 15.6 Å². The second-order valence-electron chi connectivity index (χ2n) is 6.17. The van der Waals surface area contributed by atoms with Gasteiger partial charge in [0, 0.05) is 18.8 Å². The van der Waals surface area contributed by atoms with Gasteiger partial charge in [0.05, 0.1) is 11.7 Å². The Hall–Kier alpha value is -2.40. The number of aryl methyl sites for hydroxylation is 1. The van der Waals surface area contributed by atoms with E-state index in [0.717, 1.165) is 16.8 Å². The van der Waals surface area contributed by atoms with Crippen LogP contribution in [0.15, 0.2) is 48.7 Å². The maximum atomic E-state index is 12.4. The molecule has 3 unspecified atom stereocenters. The molecule has 3 N–H and O–H groups in total. The number of nitrogens with one attached hydrogen (secondary N) is 2. The molecule has 0 saturated carbocycles. The lowest BCUT2D eigenvalue weighted by Crippen LogP contribution is -2.45. The minimum Gasteiger partial charge on any atom is -0.396 e. The zero-order valence-corrected chi connectivity index (χ0v) is 14.4. The third-order valence-electron chi connectivity index (χ3n) is 4.13. The monoisotopic (exact) mass is 327 g/mol. The van der Waals surface area contributed by atoms with Crippen molar-refractivity contribution in [3.05, 3.63) is 65.5 Å². The molecule has 5 nitrogen and oxygen atoms in total. The first kappa shape index (κ1) is 17.9. The van der Waals surface area contributed by atoms with Gasteiger partial charge in [0.15, 0.2) is 0 Å². The summed E-state index contributed by atoms with van der Waals surface area (Å²) in [7, 11) is 0. The van der Waals surface area contributed by atoms with E-state index in [-0.39, 0.29) is 30.6 Å². The van der Waals surface area contributed by atoms with E-state index in [4.69, 9.17) is 0 Å². The van der Waals surface area contributed by atoms with Crippen LogP contribution in [0.25, 0.3) is 0 Å². The number of rotatable bonds is 6. The summed E-state index contributed by atoms with van der Waals surface area (Å²) < 4.78 is 0. The second kappa shape index (κ2) is 8.45. The summed E-state index contributed by atoms with van der Waals surface area (Å²) in [5.74, 6) is -0.0111. The van der Waals surface area contributed by atoms with Gasteiger partial charge in [-0.15, -0.1) is 0 Å². The van der Waals surface area contributed by atoms with Crippen LogP contribution in [0, 0.1) is 12.8 Å². The maximum Gasteiger partial charge on any atom is 0.315 e. The number of carbonyl (C=O) groups is 1. The molecule has 1 heterocycles. The van der Waals surface area contributed by atoms with Gasteiger partial charge in [-0.1, -0.05) is 42.8 Å². The summed E-state index contributed by atoms with van der Waals surface area (Å²) in [4.78, 5) is 16.8. The van der Waals surface area contributed by atoms with Gasteiger partial charge in [0.2, 0.25) is 0 Å². The fraction of sp³-hybridized carbons (Fsp3) is 0.368. The Labute approximate surface area is 143 Å². The van der Waals surface area contributed by atoms with Crippen LogP contribution in [-0.2, 0) is 0 Å². The van der Waals surface area contributed by atoms with Gasteiger partial charge in [0.1, 0.15) is 0 Å². The molecule has 0 bridgehead atoms. The Morgan fingerprint density at radius 3 is 2.58 bits per heavy atom. The number of hydrogen-bond donors (Lipinski definition) is 3. The Bertz CT molecular complexity index is 661. The Morgan fingerprint density at radius 2 is 1.96 bits per heavy atom. The number of pyridine rings is 1. The SMILES string of the molecule is Cc1cccc(C(NC(=O)NC(C)C(C)CO)c2ccccn2)c1. The first-order valence-electron chi connectivity index (χ1n) is 8.16. The zero-order chi connectivity index (χ0) is 17.5. The van der Waals surface area contributed by atoms with Gasteiger partial charge < -0.3 is 15.7 Å². The van der Waals surface area contributed by atoms with E-state index < -0.39 is 0 Å². The van der Waals surface area contributed by atoms with Gasteiger partial charge in [-0.2, -0.15) is 0 Å². The largest absolute Gasteiger partial charge is 0.396 e. The summed E-state index contributed by atoms with van der Waals surface area (Å²) >= 11 is 0. The van der Waals surface area contributed by atoms with Crippen molar-refractivity contribution < 1.29 is 9.90 Å². The Kier molecular flexibility index (Phi) is 6.32. The highest BCUT2D eigenvalue weighted by Gasteiger charge is 2.20. The number of nitrogens with zero attached hydrogens (tertiary/aromatic N) is 1. The van der Waals surface area contributed by atoms with Crippen LogP contribution >= 0.6 is 0 Å². The molecule has 0 saturated heterocycles. The maximum absolute atomic E-state index is 12.4. The zero-order valence-electron chi connectivity index (χ0n) is 14.4. The molecule has 128 valence electrons. The molecule has 0 spiro atoms. The average Bonchev–Trinajstić information content (AvgIpc) is 2.59. The summed E-state index contributed by atoms with van der Waals surface area (Å²) in [6.07, 6.45) is 1.72. The molecule has 5 heteroatoms. The number of aromatic nitrogens is 1. The number of carbonyl (C=O) groups excluding carboxylic acids is 1. The van der Waals surface area contributed by atoms with Gasteiger partial charge in [-0.3, -0.25) is 4.98 Å². The van der Waals surface area contributed by atoms with E-state index in [1.165, 1.54) is 0 Å². The lowest BCUT2D eigenvalue weighted by molar-refractivity contribution is 0.199. The first-order valence-corrected chi connectivity index (χ1v) is 8.16. The average molecular weight is 327 g/mol. The number of aliphatic hydroxyl groups is 1. The van der Waals surface area contributed by atoms with Crippen LogP contribution in [-0.4, -0.2) is 28.8 Å². The van der Waals surface area contributed by atoms with Crippen LogP contribution in [0.3, 0.4) is 0 Å². The summed E-state index contributed by atoms with van der Waals surface area (Å²) in [5, 5.41) is 15.1. The van der Waals surface area contributed by atoms with Gasteiger partial charge in [0.25, 0.3) is 0 Å². The molecule has 2 aromatic rings. The molecule has 1 aromatic carbocycles. The Balaban J connectivity index is 2.20. The molecular weight excluding hydrogens is 302 g/mol. The van der Waals surface area contributed by atoms with E-state index in [9.17, 15) is 9.90 Å². The highest BCUT2D eigenvalue weighted by molar-refractivity contribution is 5.75. The number of amides is 2. The molecule has 0 fully saturated rings. The number of aliphatic hydroxyl groups excluding tert-OH is 1. The van der Waals surface area contributed by atoms with E-state index >= 15 is 0 Å². The van der Waals surface area contributed by atoms with Crippen molar-refractivity contribution in [2.24, 2.45) is 5.92 Å². The molecule has 0 radical (unpaired) electrons. The van der Waals surface area contributed by atoms with Crippen molar-refractivity contribution >= 4 is 6.03 Å². The highest BCUT2D eigenvalue weighted by Crippen LogP contribution is 2.21.